The summed E-state index contributed by atoms with van der Waals surface area (Å²) in [5.74, 6) is 0.894. The van der Waals surface area contributed by atoms with Gasteiger partial charge in [0.25, 0.3) is 0 Å². The molecule has 1 aromatic heterocycles. The summed E-state index contributed by atoms with van der Waals surface area (Å²) in [6, 6.07) is 2.02. The van der Waals surface area contributed by atoms with E-state index in [1.54, 1.807) is 23.1 Å². The lowest BCUT2D eigenvalue weighted by Crippen LogP contribution is -2.19. The molecule has 0 bridgehead atoms. The Morgan fingerprint density at radius 1 is 1.47 bits per heavy atom. The Labute approximate surface area is 111 Å². The van der Waals surface area contributed by atoms with E-state index in [4.69, 9.17) is 4.74 Å². The molecule has 1 saturated heterocycles. The molecule has 0 amide bonds. The SMILES string of the molecule is Cc1cc(C(=O)CSC2CCOCC2)c(C)s1. The zero-order valence-corrected chi connectivity index (χ0v) is 12.0. The van der Waals surface area contributed by atoms with E-state index in [-0.39, 0.29) is 5.78 Å². The number of ether oxygens (including phenoxy) is 1. The standard InChI is InChI=1S/C13H18O2S2/c1-9-7-12(10(2)17-9)13(14)8-16-11-3-5-15-6-4-11/h7,11H,3-6,8H2,1-2H3. The van der Waals surface area contributed by atoms with Gasteiger partial charge in [0.15, 0.2) is 5.78 Å². The summed E-state index contributed by atoms with van der Waals surface area (Å²) >= 11 is 3.50. The number of thiophene rings is 1. The maximum Gasteiger partial charge on any atom is 0.173 e. The Bertz CT molecular complexity index is 392. The second kappa shape index (κ2) is 6.03. The van der Waals surface area contributed by atoms with Crippen molar-refractivity contribution in [2.75, 3.05) is 19.0 Å². The predicted octanol–water partition coefficient (Wildman–Crippen LogP) is 3.46. The van der Waals surface area contributed by atoms with Crippen LogP contribution in [0.4, 0.5) is 0 Å². The predicted molar refractivity (Wildman–Crippen MR) is 74.4 cm³/mol. The molecule has 1 aliphatic heterocycles. The molecule has 1 aromatic rings. The fourth-order valence-corrected chi connectivity index (χ4v) is 4.03. The van der Waals surface area contributed by atoms with Crippen LogP contribution in [0.25, 0.3) is 0 Å². The van der Waals surface area contributed by atoms with Crippen LogP contribution in [-0.4, -0.2) is 30.0 Å². The number of hydrogen-bond acceptors (Lipinski definition) is 4. The van der Waals surface area contributed by atoms with Gasteiger partial charge in [-0.2, -0.15) is 11.8 Å². The van der Waals surface area contributed by atoms with E-state index in [1.807, 2.05) is 13.0 Å². The fourth-order valence-electron chi connectivity index (χ4n) is 2.02. The van der Waals surface area contributed by atoms with Crippen LogP contribution in [0.5, 0.6) is 0 Å². The van der Waals surface area contributed by atoms with Crippen LogP contribution in [0.1, 0.15) is 33.0 Å². The van der Waals surface area contributed by atoms with E-state index < -0.39 is 0 Å². The Morgan fingerprint density at radius 2 is 2.18 bits per heavy atom. The van der Waals surface area contributed by atoms with Crippen LogP contribution >= 0.6 is 23.1 Å². The van der Waals surface area contributed by atoms with E-state index >= 15 is 0 Å². The smallest absolute Gasteiger partial charge is 0.173 e. The first kappa shape index (κ1) is 13.1. The van der Waals surface area contributed by atoms with Gasteiger partial charge in [0, 0.05) is 33.8 Å². The molecule has 1 fully saturated rings. The van der Waals surface area contributed by atoms with Gasteiger partial charge in [-0.05, 0) is 32.8 Å². The minimum atomic E-state index is 0.281. The third kappa shape index (κ3) is 3.57. The van der Waals surface area contributed by atoms with Crippen LogP contribution in [0.15, 0.2) is 6.07 Å². The molecule has 0 aromatic carbocycles. The quantitative estimate of drug-likeness (QED) is 0.784. The van der Waals surface area contributed by atoms with Gasteiger partial charge >= 0.3 is 0 Å². The summed E-state index contributed by atoms with van der Waals surface area (Å²) < 4.78 is 5.32. The molecule has 0 spiro atoms. The molecule has 1 aliphatic rings. The van der Waals surface area contributed by atoms with Crippen molar-refractivity contribution in [3.63, 3.8) is 0 Å². The van der Waals surface area contributed by atoms with Crippen LogP contribution < -0.4 is 0 Å². The summed E-state index contributed by atoms with van der Waals surface area (Å²) in [5.41, 5.74) is 0.923. The highest BCUT2D eigenvalue weighted by Gasteiger charge is 2.17. The fraction of sp³-hybridized carbons (Fsp3) is 0.615. The molecule has 0 saturated carbocycles. The Morgan fingerprint density at radius 3 is 2.76 bits per heavy atom. The molecule has 0 aliphatic carbocycles. The normalized spacial score (nSPS) is 17.3. The van der Waals surface area contributed by atoms with Crippen molar-refractivity contribution >= 4 is 28.9 Å². The largest absolute Gasteiger partial charge is 0.381 e. The number of rotatable bonds is 4. The topological polar surface area (TPSA) is 26.3 Å². The summed E-state index contributed by atoms with van der Waals surface area (Å²) in [5, 5.41) is 0.604. The summed E-state index contributed by atoms with van der Waals surface area (Å²) in [4.78, 5) is 14.5. The van der Waals surface area contributed by atoms with E-state index in [2.05, 4.69) is 6.92 Å². The van der Waals surface area contributed by atoms with Crippen molar-refractivity contribution in [3.8, 4) is 0 Å². The minimum absolute atomic E-state index is 0.281. The Kier molecular flexibility index (Phi) is 4.65. The van der Waals surface area contributed by atoms with Crippen molar-refractivity contribution in [3.05, 3.63) is 21.4 Å². The summed E-state index contributed by atoms with van der Waals surface area (Å²) in [7, 11) is 0. The van der Waals surface area contributed by atoms with Crippen molar-refractivity contribution in [1.29, 1.82) is 0 Å². The lowest BCUT2D eigenvalue weighted by atomic mass is 10.2. The van der Waals surface area contributed by atoms with Gasteiger partial charge in [0.1, 0.15) is 0 Å². The van der Waals surface area contributed by atoms with E-state index in [9.17, 15) is 4.79 Å². The monoisotopic (exact) mass is 270 g/mol. The van der Waals surface area contributed by atoms with Gasteiger partial charge in [0.2, 0.25) is 0 Å². The molecular formula is C13H18O2S2. The van der Waals surface area contributed by atoms with E-state index in [1.165, 1.54) is 4.88 Å². The van der Waals surface area contributed by atoms with Gasteiger partial charge in [0.05, 0.1) is 5.75 Å². The van der Waals surface area contributed by atoms with Gasteiger partial charge < -0.3 is 4.74 Å². The first-order valence-corrected chi connectivity index (χ1v) is 7.83. The highest BCUT2D eigenvalue weighted by Crippen LogP contribution is 2.26. The average molecular weight is 270 g/mol. The Hall–Kier alpha value is -0.320. The lowest BCUT2D eigenvalue weighted by molar-refractivity contribution is 0.0988. The number of thioether (sulfide) groups is 1. The molecule has 4 heteroatoms. The molecule has 0 atom stereocenters. The van der Waals surface area contributed by atoms with Crippen molar-refractivity contribution in [1.82, 2.24) is 0 Å². The number of aryl methyl sites for hydroxylation is 2. The van der Waals surface area contributed by atoms with Crippen molar-refractivity contribution < 1.29 is 9.53 Å². The van der Waals surface area contributed by atoms with E-state index in [0.717, 1.165) is 36.5 Å². The van der Waals surface area contributed by atoms with Crippen LogP contribution in [0.2, 0.25) is 0 Å². The third-order valence-electron chi connectivity index (χ3n) is 2.96. The van der Waals surface area contributed by atoms with Gasteiger partial charge in [-0.3, -0.25) is 4.79 Å². The molecule has 94 valence electrons. The minimum Gasteiger partial charge on any atom is -0.381 e. The first-order chi connectivity index (χ1) is 8.16. The second-order valence-electron chi connectivity index (χ2n) is 4.37. The molecule has 2 nitrogen and oxygen atoms in total. The summed E-state index contributed by atoms with van der Waals surface area (Å²) in [6.07, 6.45) is 2.17. The molecule has 0 N–H and O–H groups in total. The molecule has 0 unspecified atom stereocenters. The van der Waals surface area contributed by atoms with Crippen LogP contribution in [0, 0.1) is 13.8 Å². The van der Waals surface area contributed by atoms with E-state index in [0.29, 0.717) is 11.0 Å². The number of carbonyl (C=O) groups excluding carboxylic acids is 1. The van der Waals surface area contributed by atoms with Crippen molar-refractivity contribution in [2.24, 2.45) is 0 Å². The zero-order valence-electron chi connectivity index (χ0n) is 10.3. The van der Waals surface area contributed by atoms with Crippen molar-refractivity contribution in [2.45, 2.75) is 31.9 Å². The number of carbonyl (C=O) groups is 1. The van der Waals surface area contributed by atoms with Crippen LogP contribution in [0.3, 0.4) is 0 Å². The van der Waals surface area contributed by atoms with Crippen LogP contribution in [-0.2, 0) is 4.74 Å². The third-order valence-corrected chi connectivity index (χ3v) is 5.30. The number of hydrogen-bond donors (Lipinski definition) is 0. The molecular weight excluding hydrogens is 252 g/mol. The highest BCUT2D eigenvalue weighted by atomic mass is 32.2. The first-order valence-electron chi connectivity index (χ1n) is 5.96. The van der Waals surface area contributed by atoms with Gasteiger partial charge in [-0.1, -0.05) is 0 Å². The molecule has 17 heavy (non-hydrogen) atoms. The highest BCUT2D eigenvalue weighted by molar-refractivity contribution is 8.00. The van der Waals surface area contributed by atoms with Gasteiger partial charge in [-0.25, -0.2) is 0 Å². The number of Topliss-reactive ketones (excluding diaryl/α,β-unsaturated/α-hetero) is 1. The maximum absolute atomic E-state index is 12.1. The van der Waals surface area contributed by atoms with Gasteiger partial charge in [-0.15, -0.1) is 11.3 Å². The number of ketones is 1. The molecule has 2 rings (SSSR count). The summed E-state index contributed by atoms with van der Waals surface area (Å²) in [6.45, 7) is 5.79. The second-order valence-corrected chi connectivity index (χ2v) is 7.12. The maximum atomic E-state index is 12.1. The lowest BCUT2D eigenvalue weighted by Gasteiger charge is -2.20. The average Bonchev–Trinajstić information content (AvgIpc) is 2.67. The Balaban J connectivity index is 1.86. The zero-order chi connectivity index (χ0) is 12.3. The molecule has 0 radical (unpaired) electrons. The molecule has 2 heterocycles.